The number of aliphatic hydroxyl groups is 2. The van der Waals surface area contributed by atoms with Gasteiger partial charge < -0.3 is 24.6 Å². The Hall–Kier alpha value is -2.16. The summed E-state index contributed by atoms with van der Waals surface area (Å²) in [5.41, 5.74) is -1.47. The first kappa shape index (κ1) is 25.5. The van der Waals surface area contributed by atoms with Crippen LogP contribution >= 0.6 is 27.5 Å². The number of ether oxygens (including phenoxy) is 2. The standard InChI is InChI=1S/C28H30BrClN2O4/c1-4-5-6-8-17(2)23-20(16-32-13-7-14-32)25(33)27(34)24-21(15-22(30)31-26(24)35-3)36-28(23,27)18-9-11-19(29)12-10-18/h4-6,8-12,15,20,23,25,33-34H,2,7,13-14,16H2,1,3H3/b5-4-,8-6-/t20-,23-,25-,27+,28+/m1/s1. The fraction of sp³-hybridized carbons (Fsp3) is 0.393. The van der Waals surface area contributed by atoms with Gasteiger partial charge in [-0.3, -0.25) is 0 Å². The van der Waals surface area contributed by atoms with Gasteiger partial charge in [-0.25, -0.2) is 4.98 Å². The van der Waals surface area contributed by atoms with Crippen LogP contribution in [0.1, 0.15) is 24.5 Å². The summed E-state index contributed by atoms with van der Waals surface area (Å²) in [5.74, 6) is -0.350. The van der Waals surface area contributed by atoms with Gasteiger partial charge in [0.15, 0.2) is 11.2 Å². The Labute approximate surface area is 225 Å². The molecule has 5 rings (SSSR count). The second-order valence-corrected chi connectivity index (χ2v) is 10.9. The first-order chi connectivity index (χ1) is 17.3. The van der Waals surface area contributed by atoms with Crippen molar-refractivity contribution in [2.75, 3.05) is 26.7 Å². The van der Waals surface area contributed by atoms with Crippen LogP contribution in [0.3, 0.4) is 0 Å². The first-order valence-electron chi connectivity index (χ1n) is 12.1. The molecule has 2 aliphatic heterocycles. The topological polar surface area (TPSA) is 75.1 Å². The minimum atomic E-state index is -1.86. The van der Waals surface area contributed by atoms with E-state index in [1.165, 1.54) is 7.11 Å². The van der Waals surface area contributed by atoms with Crippen LogP contribution in [0, 0.1) is 11.8 Å². The largest absolute Gasteiger partial charge is 0.481 e. The van der Waals surface area contributed by atoms with Crippen molar-refractivity contribution in [3.05, 3.63) is 87.5 Å². The van der Waals surface area contributed by atoms with E-state index in [1.54, 1.807) is 6.07 Å². The highest BCUT2D eigenvalue weighted by molar-refractivity contribution is 9.10. The third-order valence-electron chi connectivity index (χ3n) is 7.73. The normalized spacial score (nSPS) is 31.3. The number of benzene rings is 1. The van der Waals surface area contributed by atoms with Gasteiger partial charge in [-0.15, -0.1) is 0 Å². The van der Waals surface area contributed by atoms with Crippen LogP contribution in [-0.2, 0) is 11.2 Å². The lowest BCUT2D eigenvalue weighted by molar-refractivity contribution is -0.155. The van der Waals surface area contributed by atoms with Gasteiger partial charge in [0.05, 0.1) is 18.8 Å². The Bertz CT molecular complexity index is 1230. The average molecular weight is 574 g/mol. The van der Waals surface area contributed by atoms with Crippen LogP contribution < -0.4 is 9.47 Å². The van der Waals surface area contributed by atoms with Gasteiger partial charge in [0.2, 0.25) is 5.88 Å². The van der Waals surface area contributed by atoms with Gasteiger partial charge in [-0.05, 0) is 49.7 Å². The maximum absolute atomic E-state index is 12.7. The molecule has 0 unspecified atom stereocenters. The molecular formula is C28H30BrClN2O4. The Morgan fingerprint density at radius 3 is 2.67 bits per heavy atom. The highest BCUT2D eigenvalue weighted by Gasteiger charge is 2.77. The number of pyridine rings is 1. The van der Waals surface area contributed by atoms with Crippen LogP contribution in [0.4, 0.5) is 0 Å². The third-order valence-corrected chi connectivity index (χ3v) is 8.46. The van der Waals surface area contributed by atoms with Crippen molar-refractivity contribution in [1.82, 2.24) is 9.88 Å². The van der Waals surface area contributed by atoms with E-state index >= 15 is 0 Å². The Morgan fingerprint density at radius 1 is 1.33 bits per heavy atom. The highest BCUT2D eigenvalue weighted by Crippen LogP contribution is 2.68. The van der Waals surface area contributed by atoms with Crippen LogP contribution in [0.5, 0.6) is 11.6 Å². The van der Waals surface area contributed by atoms with Crippen molar-refractivity contribution >= 4 is 27.5 Å². The van der Waals surface area contributed by atoms with Crippen molar-refractivity contribution < 1.29 is 19.7 Å². The van der Waals surface area contributed by atoms with E-state index in [2.05, 4.69) is 32.4 Å². The molecule has 0 spiro atoms. The third kappa shape index (κ3) is 3.67. The zero-order chi connectivity index (χ0) is 25.7. The van der Waals surface area contributed by atoms with E-state index in [-0.39, 0.29) is 17.0 Å². The smallest absolute Gasteiger partial charge is 0.224 e. The molecule has 1 saturated carbocycles. The Kier molecular flexibility index (Phi) is 6.81. The number of likely N-dealkylation sites (tertiary alicyclic amines) is 1. The fourth-order valence-electron chi connectivity index (χ4n) is 6.10. The van der Waals surface area contributed by atoms with Gasteiger partial charge in [-0.1, -0.05) is 70.5 Å². The molecule has 0 amide bonds. The zero-order valence-corrected chi connectivity index (χ0v) is 22.7. The lowest BCUT2D eigenvalue weighted by atomic mass is 9.70. The summed E-state index contributed by atoms with van der Waals surface area (Å²) in [5, 5.41) is 25.0. The SMILES string of the molecule is C=C(/C=C\C=C/C)[C@@H]1[C@@H](CN2CCC2)[C@@H](O)[C@@]2(O)c3c(cc(Cl)nc3OC)O[C@@]12c1ccc(Br)cc1. The summed E-state index contributed by atoms with van der Waals surface area (Å²) < 4.78 is 13.2. The minimum Gasteiger partial charge on any atom is -0.481 e. The summed E-state index contributed by atoms with van der Waals surface area (Å²) in [6.07, 6.45) is 7.65. The van der Waals surface area contributed by atoms with E-state index < -0.39 is 23.2 Å². The van der Waals surface area contributed by atoms with E-state index in [0.717, 1.165) is 35.1 Å². The van der Waals surface area contributed by atoms with Gasteiger partial charge in [0.25, 0.3) is 0 Å². The summed E-state index contributed by atoms with van der Waals surface area (Å²) >= 11 is 9.82. The maximum Gasteiger partial charge on any atom is 0.224 e. The van der Waals surface area contributed by atoms with Crippen molar-refractivity contribution in [3.63, 3.8) is 0 Å². The van der Waals surface area contributed by atoms with E-state index in [4.69, 9.17) is 21.1 Å². The number of hydrogen-bond acceptors (Lipinski definition) is 6. The molecular weight excluding hydrogens is 544 g/mol. The Morgan fingerprint density at radius 2 is 2.06 bits per heavy atom. The molecule has 1 aromatic carbocycles. The molecule has 3 heterocycles. The molecule has 5 atom stereocenters. The Balaban J connectivity index is 1.78. The van der Waals surface area contributed by atoms with Crippen molar-refractivity contribution in [1.29, 1.82) is 0 Å². The van der Waals surface area contributed by atoms with E-state index in [0.29, 0.717) is 17.9 Å². The molecule has 1 aromatic heterocycles. The number of aromatic nitrogens is 1. The number of aliphatic hydroxyl groups excluding tert-OH is 1. The van der Waals surface area contributed by atoms with Crippen LogP contribution in [0.2, 0.25) is 5.15 Å². The fourth-order valence-corrected chi connectivity index (χ4v) is 6.54. The van der Waals surface area contributed by atoms with Crippen molar-refractivity contribution in [2.45, 2.75) is 30.7 Å². The van der Waals surface area contributed by atoms with Crippen molar-refractivity contribution in [3.8, 4) is 11.6 Å². The predicted molar refractivity (Wildman–Crippen MR) is 143 cm³/mol. The molecule has 2 aromatic rings. The van der Waals surface area contributed by atoms with E-state index in [1.807, 2.05) is 55.5 Å². The monoisotopic (exact) mass is 572 g/mol. The quantitative estimate of drug-likeness (QED) is 0.359. The van der Waals surface area contributed by atoms with Crippen LogP contribution in [0.25, 0.3) is 0 Å². The summed E-state index contributed by atoms with van der Waals surface area (Å²) in [6, 6.07) is 9.21. The number of methoxy groups -OCH3 is 1. The number of halogens is 2. The van der Waals surface area contributed by atoms with Gasteiger partial charge in [0.1, 0.15) is 10.9 Å². The number of hydrogen-bond donors (Lipinski definition) is 2. The molecule has 2 fully saturated rings. The van der Waals surface area contributed by atoms with E-state index in [9.17, 15) is 10.2 Å². The molecule has 1 aliphatic carbocycles. The van der Waals surface area contributed by atoms with Crippen molar-refractivity contribution in [2.24, 2.45) is 11.8 Å². The minimum absolute atomic E-state index is 0.136. The second kappa shape index (κ2) is 9.62. The number of rotatable bonds is 7. The second-order valence-electron chi connectivity index (χ2n) is 9.64. The lowest BCUT2D eigenvalue weighted by Crippen LogP contribution is -2.52. The summed E-state index contributed by atoms with van der Waals surface area (Å²) in [4.78, 5) is 6.61. The first-order valence-corrected chi connectivity index (χ1v) is 13.3. The zero-order valence-electron chi connectivity index (χ0n) is 20.3. The number of allylic oxidation sites excluding steroid dienone is 4. The lowest BCUT2D eigenvalue weighted by Gasteiger charge is -2.41. The number of fused-ring (bicyclic) bond motifs is 3. The molecule has 0 bridgehead atoms. The maximum atomic E-state index is 12.7. The average Bonchev–Trinajstić information content (AvgIpc) is 3.19. The number of nitrogens with zero attached hydrogens (tertiary/aromatic N) is 2. The van der Waals surface area contributed by atoms with Crippen LogP contribution in [-0.4, -0.2) is 52.9 Å². The molecule has 6 nitrogen and oxygen atoms in total. The van der Waals surface area contributed by atoms with Gasteiger partial charge >= 0.3 is 0 Å². The molecule has 0 radical (unpaired) electrons. The molecule has 8 heteroatoms. The highest BCUT2D eigenvalue weighted by atomic mass is 79.9. The molecule has 36 heavy (non-hydrogen) atoms. The molecule has 1 saturated heterocycles. The predicted octanol–water partition coefficient (Wildman–Crippen LogP) is 4.98. The summed E-state index contributed by atoms with van der Waals surface area (Å²) in [7, 11) is 1.47. The molecule has 3 aliphatic rings. The summed E-state index contributed by atoms with van der Waals surface area (Å²) in [6.45, 7) is 8.88. The van der Waals surface area contributed by atoms with Gasteiger partial charge in [0, 0.05) is 28.9 Å². The van der Waals surface area contributed by atoms with Crippen LogP contribution in [0.15, 0.2) is 71.3 Å². The van der Waals surface area contributed by atoms with Gasteiger partial charge in [-0.2, -0.15) is 0 Å². The molecule has 190 valence electrons. The molecule has 2 N–H and O–H groups in total.